The van der Waals surface area contributed by atoms with Gasteiger partial charge in [-0.15, -0.1) is 0 Å². The molecule has 0 radical (unpaired) electrons. The lowest BCUT2D eigenvalue weighted by Crippen LogP contribution is -2.40. The zero-order valence-corrected chi connectivity index (χ0v) is 10.6. The summed E-state index contributed by atoms with van der Waals surface area (Å²) in [4.78, 5) is 2.49. The average Bonchev–Trinajstić information content (AvgIpc) is 2.81. The van der Waals surface area contributed by atoms with Crippen LogP contribution in [0.4, 0.5) is 0 Å². The van der Waals surface area contributed by atoms with Crippen LogP contribution >= 0.6 is 0 Å². The van der Waals surface area contributed by atoms with Crippen molar-refractivity contribution in [3.05, 3.63) is 0 Å². The van der Waals surface area contributed by atoms with Gasteiger partial charge in [0.25, 0.3) is 0 Å². The summed E-state index contributed by atoms with van der Waals surface area (Å²) in [6, 6.07) is 0. The minimum absolute atomic E-state index is 0.444. The number of hydrogen-bond acceptors (Lipinski definition) is 3. The van der Waals surface area contributed by atoms with E-state index in [9.17, 15) is 0 Å². The van der Waals surface area contributed by atoms with Crippen LogP contribution in [0.15, 0.2) is 0 Å². The second-order valence-corrected chi connectivity index (χ2v) is 5.40. The Balaban J connectivity index is 1.57. The molecule has 16 heavy (non-hydrogen) atoms. The van der Waals surface area contributed by atoms with Crippen LogP contribution in [-0.4, -0.2) is 50.8 Å². The first-order chi connectivity index (χ1) is 7.84. The Labute approximate surface area is 99.5 Å². The van der Waals surface area contributed by atoms with E-state index < -0.39 is 0 Å². The van der Waals surface area contributed by atoms with E-state index in [-0.39, 0.29) is 0 Å². The Bertz CT molecular complexity index is 186. The van der Waals surface area contributed by atoms with E-state index in [4.69, 9.17) is 4.74 Å². The highest BCUT2D eigenvalue weighted by atomic mass is 16.5. The summed E-state index contributed by atoms with van der Waals surface area (Å²) < 4.78 is 5.71. The molecule has 3 nitrogen and oxygen atoms in total. The molecule has 1 N–H and O–H groups in total. The molecule has 3 heteroatoms. The molecule has 1 saturated carbocycles. The van der Waals surface area contributed by atoms with Crippen LogP contribution in [-0.2, 0) is 4.74 Å². The zero-order valence-electron chi connectivity index (χ0n) is 10.6. The molecule has 94 valence electrons. The van der Waals surface area contributed by atoms with Crippen molar-refractivity contribution < 1.29 is 4.74 Å². The molecule has 0 bridgehead atoms. The third kappa shape index (κ3) is 4.04. The van der Waals surface area contributed by atoms with Gasteiger partial charge < -0.3 is 15.0 Å². The molecule has 1 saturated heterocycles. The number of nitrogens with one attached hydrogen (secondary N) is 1. The summed E-state index contributed by atoms with van der Waals surface area (Å²) in [5.41, 5.74) is 0. The van der Waals surface area contributed by atoms with Crippen molar-refractivity contribution in [1.29, 1.82) is 0 Å². The van der Waals surface area contributed by atoms with Gasteiger partial charge in [0.2, 0.25) is 0 Å². The van der Waals surface area contributed by atoms with Gasteiger partial charge in [0.15, 0.2) is 0 Å². The lowest BCUT2D eigenvalue weighted by Gasteiger charge is -2.27. The molecule has 1 heterocycles. The Morgan fingerprint density at radius 2 is 2.12 bits per heavy atom. The van der Waals surface area contributed by atoms with Gasteiger partial charge in [0, 0.05) is 26.2 Å². The van der Waals surface area contributed by atoms with Crippen LogP contribution in [0, 0.1) is 5.92 Å². The lowest BCUT2D eigenvalue weighted by molar-refractivity contribution is 0.0181. The molecule has 1 aliphatic carbocycles. The van der Waals surface area contributed by atoms with Crippen molar-refractivity contribution >= 4 is 0 Å². The van der Waals surface area contributed by atoms with Gasteiger partial charge in [-0.2, -0.15) is 0 Å². The van der Waals surface area contributed by atoms with Gasteiger partial charge in [0.05, 0.1) is 12.7 Å². The normalized spacial score (nSPS) is 27.8. The Hall–Kier alpha value is -0.120. The smallest absolute Gasteiger partial charge is 0.0712 e. The highest BCUT2D eigenvalue weighted by Crippen LogP contribution is 2.25. The maximum Gasteiger partial charge on any atom is 0.0712 e. The second-order valence-electron chi connectivity index (χ2n) is 5.40. The van der Waals surface area contributed by atoms with Crippen molar-refractivity contribution in [1.82, 2.24) is 10.2 Å². The maximum absolute atomic E-state index is 5.71. The van der Waals surface area contributed by atoms with Crippen molar-refractivity contribution in [2.45, 2.75) is 38.2 Å². The summed E-state index contributed by atoms with van der Waals surface area (Å²) in [6.07, 6.45) is 7.43. The van der Waals surface area contributed by atoms with Crippen LogP contribution in [0.25, 0.3) is 0 Å². The molecule has 2 rings (SSSR count). The summed E-state index contributed by atoms with van der Waals surface area (Å²) in [5, 5.41) is 3.39. The van der Waals surface area contributed by atoms with Crippen LogP contribution in [0.1, 0.15) is 32.1 Å². The van der Waals surface area contributed by atoms with Gasteiger partial charge in [-0.3, -0.25) is 0 Å². The third-order valence-electron chi connectivity index (χ3n) is 3.88. The molecule has 0 aromatic rings. The van der Waals surface area contributed by atoms with Gasteiger partial charge in [0.1, 0.15) is 0 Å². The first-order valence-electron chi connectivity index (χ1n) is 6.85. The topological polar surface area (TPSA) is 24.5 Å². The average molecular weight is 226 g/mol. The van der Waals surface area contributed by atoms with Crippen LogP contribution in [0.3, 0.4) is 0 Å². The predicted octanol–water partition coefficient (Wildman–Crippen LogP) is 1.49. The first-order valence-corrected chi connectivity index (χ1v) is 6.85. The predicted molar refractivity (Wildman–Crippen MR) is 66.7 cm³/mol. The summed E-state index contributed by atoms with van der Waals surface area (Å²) in [5.74, 6) is 0.968. The molecule has 1 atom stereocenters. The number of nitrogens with zero attached hydrogens (tertiary/aromatic N) is 1. The van der Waals surface area contributed by atoms with E-state index in [0.717, 1.165) is 25.6 Å². The van der Waals surface area contributed by atoms with E-state index in [0.29, 0.717) is 6.10 Å². The molecule has 0 aromatic heterocycles. The summed E-state index contributed by atoms with van der Waals surface area (Å²) in [7, 11) is 2.26. The van der Waals surface area contributed by atoms with Crippen LogP contribution < -0.4 is 5.32 Å². The molecule has 2 fully saturated rings. The molecule has 1 unspecified atom stereocenters. The number of ether oxygens (including phenoxy) is 1. The van der Waals surface area contributed by atoms with E-state index in [1.807, 2.05) is 0 Å². The monoisotopic (exact) mass is 226 g/mol. The first kappa shape index (κ1) is 12.3. The van der Waals surface area contributed by atoms with E-state index in [2.05, 4.69) is 17.3 Å². The van der Waals surface area contributed by atoms with Crippen LogP contribution in [0.2, 0.25) is 0 Å². The highest BCUT2D eigenvalue weighted by Gasteiger charge is 2.18. The number of rotatable bonds is 5. The zero-order chi connectivity index (χ0) is 11.2. The SMILES string of the molecule is CN(CCC1CNCCO1)CC1CCCC1. The molecule has 0 amide bonds. The minimum Gasteiger partial charge on any atom is -0.376 e. The highest BCUT2D eigenvalue weighted by molar-refractivity contribution is 4.72. The lowest BCUT2D eigenvalue weighted by atomic mass is 10.1. The minimum atomic E-state index is 0.444. The van der Waals surface area contributed by atoms with Gasteiger partial charge in [-0.25, -0.2) is 0 Å². The molecular formula is C13H26N2O. The molecule has 1 aliphatic heterocycles. The fourth-order valence-electron chi connectivity index (χ4n) is 2.89. The number of morpholine rings is 1. The molecule has 0 spiro atoms. The molecule has 0 aromatic carbocycles. The summed E-state index contributed by atoms with van der Waals surface area (Å²) in [6.45, 7) is 5.42. The second kappa shape index (κ2) is 6.58. The van der Waals surface area contributed by atoms with Gasteiger partial charge in [-0.05, 0) is 32.2 Å². The van der Waals surface area contributed by atoms with E-state index in [1.165, 1.54) is 45.2 Å². The third-order valence-corrected chi connectivity index (χ3v) is 3.88. The quantitative estimate of drug-likeness (QED) is 0.768. The fraction of sp³-hybridized carbons (Fsp3) is 1.00. The van der Waals surface area contributed by atoms with Gasteiger partial charge >= 0.3 is 0 Å². The molecule has 2 aliphatic rings. The van der Waals surface area contributed by atoms with Crippen molar-refractivity contribution in [3.8, 4) is 0 Å². The van der Waals surface area contributed by atoms with E-state index in [1.54, 1.807) is 0 Å². The Morgan fingerprint density at radius 3 is 2.81 bits per heavy atom. The maximum atomic E-state index is 5.71. The largest absolute Gasteiger partial charge is 0.376 e. The summed E-state index contributed by atoms with van der Waals surface area (Å²) >= 11 is 0. The fourth-order valence-corrected chi connectivity index (χ4v) is 2.89. The Morgan fingerprint density at radius 1 is 1.31 bits per heavy atom. The van der Waals surface area contributed by atoms with Crippen molar-refractivity contribution in [3.63, 3.8) is 0 Å². The van der Waals surface area contributed by atoms with Crippen LogP contribution in [0.5, 0.6) is 0 Å². The van der Waals surface area contributed by atoms with Gasteiger partial charge in [-0.1, -0.05) is 12.8 Å². The van der Waals surface area contributed by atoms with Crippen molar-refractivity contribution in [2.24, 2.45) is 5.92 Å². The Kier molecular flexibility index (Phi) is 5.07. The standard InChI is InChI=1S/C13H26N2O/c1-15(11-12-4-2-3-5-12)8-6-13-10-14-7-9-16-13/h12-14H,2-11H2,1H3. The van der Waals surface area contributed by atoms with Crippen molar-refractivity contribution in [2.75, 3.05) is 39.8 Å². The number of hydrogen-bond donors (Lipinski definition) is 1. The van der Waals surface area contributed by atoms with E-state index >= 15 is 0 Å². The molecular weight excluding hydrogens is 200 g/mol.